The molecule has 0 radical (unpaired) electrons. The van der Waals surface area contributed by atoms with E-state index in [2.05, 4.69) is 62.4 Å². The van der Waals surface area contributed by atoms with Crippen LogP contribution in [0.5, 0.6) is 5.75 Å². The number of unbranched alkanes of at least 4 members (excludes halogenated alkanes) is 2. The quantitative estimate of drug-likeness (QED) is 0.242. The summed E-state index contributed by atoms with van der Waals surface area (Å²) in [6.45, 7) is 4.61. The molecule has 2 saturated carbocycles. The number of hydrogen-bond acceptors (Lipinski definition) is 2. The number of thiocarbonyl (C=S) groups is 1. The molecule has 0 spiro atoms. The Balaban J connectivity index is 1.24. The molecule has 190 valence electrons. The van der Waals surface area contributed by atoms with Gasteiger partial charge in [-0.2, -0.15) is 0 Å². The van der Waals surface area contributed by atoms with Gasteiger partial charge in [0.2, 0.25) is 0 Å². The molecule has 2 aromatic carbocycles. The van der Waals surface area contributed by atoms with Gasteiger partial charge >= 0.3 is 0 Å². The zero-order valence-corrected chi connectivity index (χ0v) is 23.0. The maximum Gasteiger partial charge on any atom is 0.198 e. The van der Waals surface area contributed by atoms with Crippen molar-refractivity contribution >= 4 is 17.3 Å². The minimum absolute atomic E-state index is 0.573. The van der Waals surface area contributed by atoms with Gasteiger partial charge < -0.3 is 4.74 Å². The van der Waals surface area contributed by atoms with Gasteiger partial charge in [0, 0.05) is 5.56 Å². The Morgan fingerprint density at radius 2 is 1.17 bits per heavy atom. The van der Waals surface area contributed by atoms with Crippen LogP contribution in [0.15, 0.2) is 48.5 Å². The zero-order valence-electron chi connectivity index (χ0n) is 22.1. The van der Waals surface area contributed by atoms with Crippen molar-refractivity contribution in [3.63, 3.8) is 0 Å². The highest BCUT2D eigenvalue weighted by atomic mass is 32.1. The van der Waals surface area contributed by atoms with Crippen molar-refractivity contribution in [3.8, 4) is 5.75 Å². The Morgan fingerprint density at radius 1 is 0.657 bits per heavy atom. The van der Waals surface area contributed by atoms with Crippen molar-refractivity contribution in [2.75, 3.05) is 0 Å². The van der Waals surface area contributed by atoms with Crippen LogP contribution in [0.1, 0.15) is 132 Å². The van der Waals surface area contributed by atoms with Crippen LogP contribution in [-0.4, -0.2) is 5.05 Å². The van der Waals surface area contributed by atoms with Crippen LogP contribution in [0.25, 0.3) is 0 Å². The van der Waals surface area contributed by atoms with Crippen molar-refractivity contribution in [1.82, 2.24) is 0 Å². The predicted molar refractivity (Wildman–Crippen MR) is 154 cm³/mol. The average molecular weight is 491 g/mol. The fourth-order valence-corrected chi connectivity index (χ4v) is 6.76. The highest BCUT2D eigenvalue weighted by molar-refractivity contribution is 7.80. The molecule has 2 heteroatoms. The molecule has 4 rings (SSSR count). The lowest BCUT2D eigenvalue weighted by Gasteiger charge is -2.29. The van der Waals surface area contributed by atoms with Gasteiger partial charge in [0.1, 0.15) is 5.75 Å². The van der Waals surface area contributed by atoms with E-state index in [0.29, 0.717) is 16.9 Å². The average Bonchev–Trinajstić information content (AvgIpc) is 2.90. The van der Waals surface area contributed by atoms with Crippen LogP contribution in [0.4, 0.5) is 0 Å². The number of ether oxygens (including phenoxy) is 1. The lowest BCUT2D eigenvalue weighted by atomic mass is 9.77. The summed E-state index contributed by atoms with van der Waals surface area (Å²) in [7, 11) is 0. The maximum absolute atomic E-state index is 6.07. The standard InChI is InChI=1S/C33H46OS/c1-3-5-6-8-26-11-15-27(16-12-26)29-17-19-31(20-18-29)33(35)34-32-23-21-30(22-24-32)28-13-9-25(7-4-2)10-14-28/h17-28H,3-16H2,1-2H3. The van der Waals surface area contributed by atoms with Gasteiger partial charge in [-0.25, -0.2) is 0 Å². The Bertz CT molecular complexity index is 884. The Morgan fingerprint density at radius 3 is 1.69 bits per heavy atom. The van der Waals surface area contributed by atoms with E-state index in [1.54, 1.807) is 0 Å². The molecule has 0 atom stereocenters. The zero-order chi connectivity index (χ0) is 24.5. The molecule has 0 heterocycles. The highest BCUT2D eigenvalue weighted by Gasteiger charge is 2.23. The highest BCUT2D eigenvalue weighted by Crippen LogP contribution is 2.39. The first-order valence-corrected chi connectivity index (χ1v) is 15.0. The molecular formula is C33H46OS. The molecule has 0 aromatic heterocycles. The van der Waals surface area contributed by atoms with E-state index in [0.717, 1.165) is 23.1 Å². The lowest BCUT2D eigenvalue weighted by Crippen LogP contribution is -2.14. The molecule has 0 bridgehead atoms. The van der Waals surface area contributed by atoms with Gasteiger partial charge in [0.15, 0.2) is 5.05 Å². The molecule has 2 aliphatic carbocycles. The number of rotatable bonds is 10. The van der Waals surface area contributed by atoms with Crippen molar-refractivity contribution in [2.45, 2.75) is 116 Å². The molecule has 2 fully saturated rings. The first-order valence-electron chi connectivity index (χ1n) is 14.6. The largest absolute Gasteiger partial charge is 0.445 e. The Kier molecular flexibility index (Phi) is 10.2. The van der Waals surface area contributed by atoms with E-state index in [4.69, 9.17) is 17.0 Å². The van der Waals surface area contributed by atoms with Crippen LogP contribution < -0.4 is 4.74 Å². The summed E-state index contributed by atoms with van der Waals surface area (Å²) in [6, 6.07) is 17.6. The SMILES string of the molecule is CCCCCC1CCC(c2ccc(C(=S)Oc3ccc(C4CCC(CCC)CC4)cc3)cc2)CC1. The minimum Gasteiger partial charge on any atom is -0.445 e. The van der Waals surface area contributed by atoms with E-state index in [9.17, 15) is 0 Å². The van der Waals surface area contributed by atoms with Crippen LogP contribution >= 0.6 is 12.2 Å². The predicted octanol–water partition coefficient (Wildman–Crippen LogP) is 10.4. The van der Waals surface area contributed by atoms with Crippen molar-refractivity contribution in [2.24, 2.45) is 11.8 Å². The normalized spacial score (nSPS) is 24.7. The van der Waals surface area contributed by atoms with Crippen molar-refractivity contribution in [1.29, 1.82) is 0 Å². The molecule has 1 nitrogen and oxygen atoms in total. The fourth-order valence-electron chi connectivity index (χ4n) is 6.53. The minimum atomic E-state index is 0.573. The molecule has 0 N–H and O–H groups in total. The smallest absolute Gasteiger partial charge is 0.198 e. The van der Waals surface area contributed by atoms with E-state index in [1.165, 1.54) is 101 Å². The van der Waals surface area contributed by atoms with Gasteiger partial charge in [0.05, 0.1) is 0 Å². The number of benzene rings is 2. The molecule has 2 aliphatic rings. The molecule has 0 aliphatic heterocycles. The number of hydrogen-bond donors (Lipinski definition) is 0. The topological polar surface area (TPSA) is 9.23 Å². The second-order valence-electron chi connectivity index (χ2n) is 11.3. The lowest BCUT2D eigenvalue weighted by molar-refractivity contribution is 0.303. The molecule has 0 amide bonds. The van der Waals surface area contributed by atoms with Gasteiger partial charge in [-0.05, 0) is 111 Å². The third-order valence-electron chi connectivity index (χ3n) is 8.79. The monoisotopic (exact) mass is 490 g/mol. The van der Waals surface area contributed by atoms with Gasteiger partial charge in [-0.1, -0.05) is 88.8 Å². The van der Waals surface area contributed by atoms with E-state index >= 15 is 0 Å². The van der Waals surface area contributed by atoms with Crippen molar-refractivity contribution < 1.29 is 4.74 Å². The van der Waals surface area contributed by atoms with E-state index in [-0.39, 0.29) is 0 Å². The summed E-state index contributed by atoms with van der Waals surface area (Å²) in [6.07, 6.45) is 19.2. The summed E-state index contributed by atoms with van der Waals surface area (Å²) in [5, 5.41) is 0.573. The second-order valence-corrected chi connectivity index (χ2v) is 11.7. The summed E-state index contributed by atoms with van der Waals surface area (Å²) in [5.41, 5.74) is 3.94. The fraction of sp³-hybridized carbons (Fsp3) is 0.606. The summed E-state index contributed by atoms with van der Waals surface area (Å²) >= 11 is 5.64. The van der Waals surface area contributed by atoms with Crippen LogP contribution in [-0.2, 0) is 0 Å². The van der Waals surface area contributed by atoms with Gasteiger partial charge in [0.25, 0.3) is 0 Å². The Labute approximate surface area is 220 Å². The third-order valence-corrected chi connectivity index (χ3v) is 9.11. The van der Waals surface area contributed by atoms with E-state index < -0.39 is 0 Å². The molecule has 35 heavy (non-hydrogen) atoms. The van der Waals surface area contributed by atoms with Gasteiger partial charge in [-0.3, -0.25) is 0 Å². The third kappa shape index (κ3) is 7.66. The van der Waals surface area contributed by atoms with Crippen molar-refractivity contribution in [3.05, 3.63) is 65.2 Å². The van der Waals surface area contributed by atoms with Crippen LogP contribution in [0.2, 0.25) is 0 Å². The molecule has 2 aromatic rings. The summed E-state index contributed by atoms with van der Waals surface area (Å²) < 4.78 is 6.07. The summed E-state index contributed by atoms with van der Waals surface area (Å²) in [5.74, 6) is 4.19. The second kappa shape index (κ2) is 13.6. The van der Waals surface area contributed by atoms with Crippen LogP contribution in [0, 0.1) is 11.8 Å². The molecule has 0 unspecified atom stereocenters. The Hall–Kier alpha value is -1.67. The first kappa shape index (κ1) is 26.4. The van der Waals surface area contributed by atoms with Gasteiger partial charge in [-0.15, -0.1) is 0 Å². The van der Waals surface area contributed by atoms with Crippen LogP contribution in [0.3, 0.4) is 0 Å². The first-order chi connectivity index (χ1) is 17.2. The van der Waals surface area contributed by atoms with E-state index in [1.807, 2.05) is 0 Å². The molecule has 0 saturated heterocycles. The maximum atomic E-state index is 6.07. The summed E-state index contributed by atoms with van der Waals surface area (Å²) in [4.78, 5) is 0. The molecular weight excluding hydrogens is 444 g/mol.